The van der Waals surface area contributed by atoms with Gasteiger partial charge in [-0.3, -0.25) is 9.59 Å². The summed E-state index contributed by atoms with van der Waals surface area (Å²) < 4.78 is 8.88. The number of nitrogens with one attached hydrogen (secondary N) is 1. The molecular formula is C25H27N3O3S. The fourth-order valence-electron chi connectivity index (χ4n) is 3.79. The Balaban J connectivity index is 1.58. The van der Waals surface area contributed by atoms with Gasteiger partial charge in [0.15, 0.2) is 0 Å². The highest BCUT2D eigenvalue weighted by molar-refractivity contribution is 7.26. The van der Waals surface area contributed by atoms with Gasteiger partial charge in [-0.05, 0) is 43.5 Å². The lowest BCUT2D eigenvalue weighted by atomic mass is 10.1. The van der Waals surface area contributed by atoms with Gasteiger partial charge in [-0.1, -0.05) is 44.2 Å². The Morgan fingerprint density at radius 3 is 2.62 bits per heavy atom. The second kappa shape index (κ2) is 9.53. The molecule has 0 aliphatic rings. The number of rotatable bonds is 8. The van der Waals surface area contributed by atoms with Gasteiger partial charge in [-0.2, -0.15) is 5.10 Å². The first kappa shape index (κ1) is 22.0. The number of fused-ring (bicyclic) bond motifs is 3. The first-order valence-corrected chi connectivity index (χ1v) is 11.7. The van der Waals surface area contributed by atoms with Crippen LogP contribution in [0.25, 0.3) is 20.2 Å². The monoisotopic (exact) mass is 449 g/mol. The molecule has 0 saturated heterocycles. The molecule has 2 heterocycles. The number of hydrogen-bond acceptors (Lipinski definition) is 5. The first-order chi connectivity index (χ1) is 15.5. The van der Waals surface area contributed by atoms with E-state index in [-0.39, 0.29) is 11.5 Å². The summed E-state index contributed by atoms with van der Waals surface area (Å²) in [4.78, 5) is 26.4. The normalized spacial score (nSPS) is 12.2. The second-order valence-electron chi connectivity index (χ2n) is 7.77. The van der Waals surface area contributed by atoms with Crippen LogP contribution >= 0.6 is 11.3 Å². The van der Waals surface area contributed by atoms with Gasteiger partial charge in [0, 0.05) is 16.6 Å². The molecule has 6 nitrogen and oxygen atoms in total. The Kier molecular flexibility index (Phi) is 6.55. The zero-order valence-corrected chi connectivity index (χ0v) is 19.4. The molecule has 0 aliphatic heterocycles. The van der Waals surface area contributed by atoms with Crippen LogP contribution in [0.3, 0.4) is 0 Å². The van der Waals surface area contributed by atoms with Crippen molar-refractivity contribution < 1.29 is 9.53 Å². The number of ether oxygens (including phenoxy) is 1. The molecule has 0 aliphatic carbocycles. The van der Waals surface area contributed by atoms with Crippen LogP contribution in [0.5, 0.6) is 5.75 Å². The van der Waals surface area contributed by atoms with Gasteiger partial charge in [0.25, 0.3) is 5.56 Å². The third-order valence-electron chi connectivity index (χ3n) is 5.45. The maximum atomic E-state index is 13.4. The maximum absolute atomic E-state index is 13.4. The minimum atomic E-state index is -0.670. The fourth-order valence-corrected chi connectivity index (χ4v) is 4.93. The van der Waals surface area contributed by atoms with Crippen LogP contribution in [-0.2, 0) is 11.3 Å². The van der Waals surface area contributed by atoms with Gasteiger partial charge in [-0.25, -0.2) is 4.68 Å². The minimum Gasteiger partial charge on any atom is -0.494 e. The highest BCUT2D eigenvalue weighted by atomic mass is 32.1. The van der Waals surface area contributed by atoms with Gasteiger partial charge >= 0.3 is 0 Å². The SMILES string of the molecule is CCCOc1ccc(CNC(=O)[C@@H](CC)n2nc(C)c3sc4ccccc4c3c2=O)cc1. The zero-order chi connectivity index (χ0) is 22.7. The van der Waals surface area contributed by atoms with Gasteiger partial charge in [0.2, 0.25) is 5.91 Å². The van der Waals surface area contributed by atoms with E-state index in [4.69, 9.17) is 4.74 Å². The van der Waals surface area contributed by atoms with Crippen LogP contribution < -0.4 is 15.6 Å². The number of aryl methyl sites for hydroxylation is 1. The van der Waals surface area contributed by atoms with Crippen molar-refractivity contribution in [1.82, 2.24) is 15.1 Å². The molecule has 7 heteroatoms. The van der Waals surface area contributed by atoms with E-state index in [1.165, 1.54) is 4.68 Å². The lowest BCUT2D eigenvalue weighted by Crippen LogP contribution is -2.38. The van der Waals surface area contributed by atoms with Crippen LogP contribution in [0.15, 0.2) is 53.3 Å². The molecule has 4 rings (SSSR count). The van der Waals surface area contributed by atoms with Crippen molar-refractivity contribution >= 4 is 37.4 Å². The number of benzene rings is 2. The Labute approximate surface area is 190 Å². The van der Waals surface area contributed by atoms with E-state index in [9.17, 15) is 9.59 Å². The van der Waals surface area contributed by atoms with Crippen molar-refractivity contribution in [3.05, 3.63) is 70.1 Å². The van der Waals surface area contributed by atoms with Crippen LogP contribution in [0.2, 0.25) is 0 Å². The van der Waals surface area contributed by atoms with Gasteiger partial charge in [0.05, 0.1) is 22.4 Å². The predicted molar refractivity (Wildman–Crippen MR) is 130 cm³/mol. The third kappa shape index (κ3) is 4.25. The number of nitrogens with zero attached hydrogens (tertiary/aromatic N) is 2. The molecule has 2 aromatic carbocycles. The highest BCUT2D eigenvalue weighted by Crippen LogP contribution is 2.33. The van der Waals surface area contributed by atoms with Crippen LogP contribution in [-0.4, -0.2) is 22.3 Å². The summed E-state index contributed by atoms with van der Waals surface area (Å²) in [5, 5.41) is 9.04. The molecule has 166 valence electrons. The molecule has 0 saturated carbocycles. The fraction of sp³-hybridized carbons (Fsp3) is 0.320. The smallest absolute Gasteiger partial charge is 0.276 e. The van der Waals surface area contributed by atoms with E-state index in [2.05, 4.69) is 17.3 Å². The van der Waals surface area contributed by atoms with E-state index < -0.39 is 6.04 Å². The van der Waals surface area contributed by atoms with Crippen molar-refractivity contribution in [2.75, 3.05) is 6.61 Å². The molecular weight excluding hydrogens is 422 g/mol. The van der Waals surface area contributed by atoms with Crippen molar-refractivity contribution in [1.29, 1.82) is 0 Å². The van der Waals surface area contributed by atoms with Crippen molar-refractivity contribution in [2.45, 2.75) is 46.2 Å². The molecule has 0 fully saturated rings. The Morgan fingerprint density at radius 2 is 1.91 bits per heavy atom. The van der Waals surface area contributed by atoms with E-state index >= 15 is 0 Å². The topological polar surface area (TPSA) is 73.2 Å². The zero-order valence-electron chi connectivity index (χ0n) is 18.6. The summed E-state index contributed by atoms with van der Waals surface area (Å²) in [5.74, 6) is 0.600. The number of thiophene rings is 1. The van der Waals surface area contributed by atoms with E-state index in [1.54, 1.807) is 11.3 Å². The van der Waals surface area contributed by atoms with Gasteiger partial charge in [-0.15, -0.1) is 11.3 Å². The summed E-state index contributed by atoms with van der Waals surface area (Å²) in [6.45, 7) is 6.90. The molecule has 1 atom stereocenters. The summed E-state index contributed by atoms with van der Waals surface area (Å²) in [6.07, 6.45) is 1.42. The summed E-state index contributed by atoms with van der Waals surface area (Å²) in [7, 11) is 0. The number of hydrogen-bond donors (Lipinski definition) is 1. The molecule has 32 heavy (non-hydrogen) atoms. The molecule has 1 N–H and O–H groups in total. The summed E-state index contributed by atoms with van der Waals surface area (Å²) in [5.41, 5.74) is 1.50. The third-order valence-corrected chi connectivity index (χ3v) is 6.73. The highest BCUT2D eigenvalue weighted by Gasteiger charge is 2.24. The minimum absolute atomic E-state index is 0.216. The van der Waals surface area contributed by atoms with Gasteiger partial charge in [0.1, 0.15) is 11.8 Å². The van der Waals surface area contributed by atoms with Crippen LogP contribution in [0, 0.1) is 6.92 Å². The lowest BCUT2D eigenvalue weighted by molar-refractivity contribution is -0.125. The number of aromatic nitrogens is 2. The standard InChI is InChI=1S/C25H27N3O3S/c1-4-14-31-18-12-10-17(11-13-18)15-26-24(29)20(5-2)28-25(30)22-19-8-6-7-9-21(19)32-23(22)16(3)27-28/h6-13,20H,4-5,14-15H2,1-3H3,(H,26,29)/t20-/m1/s1. The number of carbonyl (C=O) groups is 1. The molecule has 0 spiro atoms. The maximum Gasteiger partial charge on any atom is 0.276 e. The lowest BCUT2D eigenvalue weighted by Gasteiger charge is -2.18. The van der Waals surface area contributed by atoms with Crippen LogP contribution in [0.1, 0.15) is 44.0 Å². The molecule has 0 bridgehead atoms. The predicted octanol–water partition coefficient (Wildman–Crippen LogP) is 4.98. The first-order valence-electron chi connectivity index (χ1n) is 10.9. The van der Waals surface area contributed by atoms with Crippen molar-refractivity contribution in [2.24, 2.45) is 0 Å². The molecule has 0 unspecified atom stereocenters. The molecule has 4 aromatic rings. The average Bonchev–Trinajstić information content (AvgIpc) is 3.21. The average molecular weight is 450 g/mol. The van der Waals surface area contributed by atoms with E-state index in [1.807, 2.05) is 62.4 Å². The van der Waals surface area contributed by atoms with E-state index in [0.717, 1.165) is 38.2 Å². The number of amides is 1. The summed E-state index contributed by atoms with van der Waals surface area (Å²) in [6, 6.07) is 14.9. The van der Waals surface area contributed by atoms with Crippen molar-refractivity contribution in [3.63, 3.8) is 0 Å². The largest absolute Gasteiger partial charge is 0.494 e. The Morgan fingerprint density at radius 1 is 1.16 bits per heavy atom. The molecule has 0 radical (unpaired) electrons. The van der Waals surface area contributed by atoms with E-state index in [0.29, 0.717) is 25.0 Å². The summed E-state index contributed by atoms with van der Waals surface area (Å²) >= 11 is 1.57. The van der Waals surface area contributed by atoms with Crippen LogP contribution in [0.4, 0.5) is 0 Å². The second-order valence-corrected chi connectivity index (χ2v) is 8.82. The molecule has 2 aromatic heterocycles. The van der Waals surface area contributed by atoms with Crippen molar-refractivity contribution in [3.8, 4) is 5.75 Å². The number of carbonyl (C=O) groups excluding carboxylic acids is 1. The Hall–Kier alpha value is -3.19. The molecule has 1 amide bonds. The quantitative estimate of drug-likeness (QED) is 0.412. The Bertz CT molecular complexity index is 1310. The van der Waals surface area contributed by atoms with Gasteiger partial charge < -0.3 is 10.1 Å².